The van der Waals surface area contributed by atoms with Crippen LogP contribution in [-0.2, 0) is 18.6 Å². The van der Waals surface area contributed by atoms with E-state index in [4.69, 9.17) is 13.8 Å². The fourth-order valence-electron chi connectivity index (χ4n) is 3.18. The second kappa shape index (κ2) is 11.2. The van der Waals surface area contributed by atoms with Gasteiger partial charge < -0.3 is 9.26 Å². The van der Waals surface area contributed by atoms with Gasteiger partial charge in [-0.05, 0) is 45.7 Å². The second-order valence-corrected chi connectivity index (χ2v) is 11.0. The largest absolute Gasteiger partial charge is 0.462 e. The summed E-state index contributed by atoms with van der Waals surface area (Å²) in [6.45, 7) is 5.05. The van der Waals surface area contributed by atoms with Crippen LogP contribution in [0.1, 0.15) is 39.0 Å². The monoisotopic (exact) mass is 497 g/mol. The number of ether oxygens (including phenoxy) is 1. The molecule has 4 atom stereocenters. The number of carbonyl (C=O) groups excluding carboxylic acids is 1. The predicted octanol–water partition coefficient (Wildman–Crippen LogP) is 3.06. The Morgan fingerprint density at radius 1 is 1.21 bits per heavy atom. The van der Waals surface area contributed by atoms with Crippen molar-refractivity contribution in [1.82, 2.24) is 14.6 Å². The molecule has 2 N–H and O–H groups in total. The third-order valence-electron chi connectivity index (χ3n) is 4.70. The molecule has 2 aromatic rings. The zero-order valence-electron chi connectivity index (χ0n) is 18.6. The molecule has 1 aromatic heterocycles. The molecule has 1 aliphatic rings. The Morgan fingerprint density at radius 3 is 2.61 bits per heavy atom. The molecular formula is C21H28N3O7PS. The van der Waals surface area contributed by atoms with E-state index in [9.17, 15) is 18.9 Å². The van der Waals surface area contributed by atoms with Crippen LogP contribution in [0.5, 0.6) is 5.75 Å². The van der Waals surface area contributed by atoms with Gasteiger partial charge in [-0.3, -0.25) is 23.7 Å². The van der Waals surface area contributed by atoms with Gasteiger partial charge in [0.25, 0.3) is 5.56 Å². The summed E-state index contributed by atoms with van der Waals surface area (Å²) in [5.41, 5.74) is -0.923. The van der Waals surface area contributed by atoms with Crippen LogP contribution >= 0.6 is 19.5 Å². The third-order valence-corrected chi connectivity index (χ3v) is 7.88. The molecule has 1 unspecified atom stereocenters. The normalized spacial score (nSPS) is 20.8. The Labute approximate surface area is 195 Å². The third kappa shape index (κ3) is 7.33. The average molecular weight is 498 g/mol. The number of aromatic nitrogens is 2. The quantitative estimate of drug-likeness (QED) is 0.376. The van der Waals surface area contributed by atoms with Crippen molar-refractivity contribution in [3.63, 3.8) is 0 Å². The molecule has 0 bridgehead atoms. The van der Waals surface area contributed by atoms with E-state index >= 15 is 0 Å². The summed E-state index contributed by atoms with van der Waals surface area (Å²) in [7, 11) is -3.94. The fourth-order valence-corrected chi connectivity index (χ4v) is 6.25. The Balaban J connectivity index is 1.67. The highest BCUT2D eigenvalue weighted by atomic mass is 32.2. The average Bonchev–Trinajstić information content (AvgIpc) is 3.21. The number of rotatable bonds is 10. The molecule has 0 aliphatic carbocycles. The number of H-pyrrole nitrogens is 1. The fraction of sp³-hybridized carbons (Fsp3) is 0.476. The van der Waals surface area contributed by atoms with E-state index in [2.05, 4.69) is 10.1 Å². The lowest BCUT2D eigenvalue weighted by molar-refractivity contribution is -0.149. The molecule has 1 saturated heterocycles. The Kier molecular flexibility index (Phi) is 8.58. The maximum atomic E-state index is 13.5. The molecule has 180 valence electrons. The van der Waals surface area contributed by atoms with E-state index in [0.717, 1.165) is 0 Å². The molecule has 0 amide bonds. The van der Waals surface area contributed by atoms with E-state index in [0.29, 0.717) is 18.6 Å². The number of esters is 1. The van der Waals surface area contributed by atoms with Crippen molar-refractivity contribution < 1.29 is 23.1 Å². The minimum absolute atomic E-state index is 0.0683. The number of carbonyl (C=O) groups is 1. The summed E-state index contributed by atoms with van der Waals surface area (Å²) in [6.07, 6.45) is 2.53. The Bertz CT molecular complexity index is 1100. The van der Waals surface area contributed by atoms with Crippen LogP contribution in [0.3, 0.4) is 0 Å². The minimum Gasteiger partial charge on any atom is -0.462 e. The van der Waals surface area contributed by atoms with Crippen molar-refractivity contribution in [3.8, 4) is 5.75 Å². The molecule has 0 saturated carbocycles. The van der Waals surface area contributed by atoms with Gasteiger partial charge in [-0.25, -0.2) is 9.36 Å². The highest BCUT2D eigenvalue weighted by molar-refractivity contribution is 8.00. The van der Waals surface area contributed by atoms with Gasteiger partial charge in [0.1, 0.15) is 11.8 Å². The zero-order valence-corrected chi connectivity index (χ0v) is 20.3. The van der Waals surface area contributed by atoms with Gasteiger partial charge in [-0.2, -0.15) is 5.09 Å². The van der Waals surface area contributed by atoms with Gasteiger partial charge in [-0.1, -0.05) is 18.2 Å². The molecule has 33 heavy (non-hydrogen) atoms. The van der Waals surface area contributed by atoms with Gasteiger partial charge in [0.2, 0.25) is 0 Å². The maximum Gasteiger partial charge on any atom is 0.459 e. The number of benzene rings is 1. The van der Waals surface area contributed by atoms with Crippen molar-refractivity contribution in [3.05, 3.63) is 63.4 Å². The van der Waals surface area contributed by atoms with E-state index in [-0.39, 0.29) is 23.3 Å². The maximum absolute atomic E-state index is 13.5. The smallest absolute Gasteiger partial charge is 0.459 e. The molecule has 2 heterocycles. The molecule has 10 nitrogen and oxygen atoms in total. The summed E-state index contributed by atoms with van der Waals surface area (Å²) in [5.74, 6) is -0.243. The molecule has 0 radical (unpaired) electrons. The van der Waals surface area contributed by atoms with Crippen molar-refractivity contribution in [2.45, 2.75) is 56.4 Å². The first-order valence-electron chi connectivity index (χ1n) is 10.6. The van der Waals surface area contributed by atoms with Gasteiger partial charge >= 0.3 is 19.4 Å². The predicted molar refractivity (Wildman–Crippen MR) is 125 cm³/mol. The topological polar surface area (TPSA) is 129 Å². The Hall–Kier alpha value is -2.33. The van der Waals surface area contributed by atoms with E-state index in [1.807, 2.05) is 0 Å². The standard InChI is InChI=1S/C21H28N3O7PS/c1-14(2)30-20(26)15(3)23-32(28,31-16-7-5-4-6-8-16)29-13-17-9-10-19(33-17)24-12-11-18(25)22-21(24)27/h4-8,11-12,14-15,17,19H,9-10,13H2,1-3H3,(H,23,28)(H,22,25,27)/t15-,17+,19-,32?/m1/s1. The molecule has 1 aromatic carbocycles. The van der Waals surface area contributed by atoms with Gasteiger partial charge in [0.15, 0.2) is 0 Å². The van der Waals surface area contributed by atoms with Crippen molar-refractivity contribution in [2.24, 2.45) is 0 Å². The molecule has 12 heteroatoms. The van der Waals surface area contributed by atoms with Crippen molar-refractivity contribution in [1.29, 1.82) is 0 Å². The van der Waals surface area contributed by atoms with Crippen LogP contribution in [0.2, 0.25) is 0 Å². The lowest BCUT2D eigenvalue weighted by Crippen LogP contribution is -2.36. The second-order valence-electron chi connectivity index (χ2n) is 7.84. The van der Waals surface area contributed by atoms with Crippen LogP contribution in [0.4, 0.5) is 0 Å². The SMILES string of the molecule is CC(C)OC(=O)[C@@H](C)NP(=O)(OC[C@@H]1CC[C@H](n2ccc(=O)[nH]c2=O)S1)Oc1ccccc1. The van der Waals surface area contributed by atoms with Crippen molar-refractivity contribution in [2.75, 3.05) is 6.61 Å². The molecule has 0 spiro atoms. The lowest BCUT2D eigenvalue weighted by atomic mass is 10.2. The van der Waals surface area contributed by atoms with Crippen LogP contribution < -0.4 is 20.9 Å². The highest BCUT2D eigenvalue weighted by Crippen LogP contribution is 2.48. The first kappa shape index (κ1) is 25.3. The molecular weight excluding hydrogens is 469 g/mol. The zero-order chi connectivity index (χ0) is 24.0. The number of nitrogens with zero attached hydrogens (tertiary/aromatic N) is 1. The summed E-state index contributed by atoms with van der Waals surface area (Å²) in [5, 5.41) is 2.42. The lowest BCUT2D eigenvalue weighted by Gasteiger charge is -2.24. The number of hydrogen-bond donors (Lipinski definition) is 2. The minimum atomic E-state index is -3.94. The van der Waals surface area contributed by atoms with E-state index in [1.165, 1.54) is 35.5 Å². The van der Waals surface area contributed by atoms with Gasteiger partial charge in [-0.15, -0.1) is 11.8 Å². The Morgan fingerprint density at radius 2 is 1.94 bits per heavy atom. The van der Waals surface area contributed by atoms with Crippen molar-refractivity contribution >= 4 is 25.5 Å². The number of nitrogens with one attached hydrogen (secondary N) is 2. The molecule has 3 rings (SSSR count). The van der Waals surface area contributed by atoms with Crippen LogP contribution in [0.25, 0.3) is 0 Å². The first-order chi connectivity index (χ1) is 15.6. The first-order valence-corrected chi connectivity index (χ1v) is 13.1. The van der Waals surface area contributed by atoms with Crippen LogP contribution in [0.15, 0.2) is 52.2 Å². The number of hydrogen-bond acceptors (Lipinski definition) is 8. The summed E-state index contributed by atoms with van der Waals surface area (Å²) < 4.78 is 31.5. The summed E-state index contributed by atoms with van der Waals surface area (Å²) >= 11 is 1.48. The van der Waals surface area contributed by atoms with Crippen LogP contribution in [0, 0.1) is 0 Å². The number of thioether (sulfide) groups is 1. The van der Waals surface area contributed by atoms with E-state index < -0.39 is 31.0 Å². The van der Waals surface area contributed by atoms with Gasteiger partial charge in [0, 0.05) is 17.5 Å². The number of aromatic amines is 1. The van der Waals surface area contributed by atoms with Gasteiger partial charge in [0.05, 0.1) is 18.1 Å². The molecule has 1 aliphatic heterocycles. The summed E-state index contributed by atoms with van der Waals surface area (Å²) in [4.78, 5) is 37.8. The number of para-hydroxylation sites is 1. The molecule has 1 fully saturated rings. The summed E-state index contributed by atoms with van der Waals surface area (Å²) in [6, 6.07) is 8.91. The van der Waals surface area contributed by atoms with E-state index in [1.54, 1.807) is 44.2 Å². The van der Waals surface area contributed by atoms with Crippen LogP contribution in [-0.4, -0.2) is 39.5 Å². The highest BCUT2D eigenvalue weighted by Gasteiger charge is 2.35.